The van der Waals surface area contributed by atoms with Gasteiger partial charge in [-0.3, -0.25) is 0 Å². The Morgan fingerprint density at radius 2 is 1.69 bits per heavy atom. The van der Waals surface area contributed by atoms with Gasteiger partial charge >= 0.3 is 0 Å². The highest BCUT2D eigenvalue weighted by atomic mass is 32.1. The zero-order valence-corrected chi connectivity index (χ0v) is 10.8. The number of hydrogen-bond donors (Lipinski definition) is 1. The fourth-order valence-electron chi connectivity index (χ4n) is 2.09. The minimum absolute atomic E-state index is 0.00449. The maximum absolute atomic E-state index is 6.31. The molecule has 0 saturated carbocycles. The van der Waals surface area contributed by atoms with E-state index in [4.69, 9.17) is 5.73 Å². The van der Waals surface area contributed by atoms with E-state index in [1.807, 2.05) is 0 Å². The third-order valence-corrected chi connectivity index (χ3v) is 3.70. The van der Waals surface area contributed by atoms with Crippen LogP contribution in [0.25, 0.3) is 0 Å². The summed E-state index contributed by atoms with van der Waals surface area (Å²) in [5.41, 5.74) is 11.3. The predicted molar refractivity (Wildman–Crippen MR) is 71.0 cm³/mol. The van der Waals surface area contributed by atoms with Crippen molar-refractivity contribution in [3.05, 3.63) is 56.8 Å². The SMILES string of the molecule is Cc1cc(C)cc(C(N)c2ccsc2C)c1. The van der Waals surface area contributed by atoms with Crippen molar-refractivity contribution in [2.24, 2.45) is 5.73 Å². The number of benzene rings is 1. The highest BCUT2D eigenvalue weighted by molar-refractivity contribution is 7.10. The molecule has 0 fully saturated rings. The van der Waals surface area contributed by atoms with Crippen molar-refractivity contribution in [1.82, 2.24) is 0 Å². The van der Waals surface area contributed by atoms with Gasteiger partial charge in [0.2, 0.25) is 0 Å². The van der Waals surface area contributed by atoms with Gasteiger partial charge < -0.3 is 5.73 Å². The van der Waals surface area contributed by atoms with Gasteiger partial charge in [-0.2, -0.15) is 0 Å². The van der Waals surface area contributed by atoms with Gasteiger partial charge in [0, 0.05) is 4.88 Å². The molecule has 0 aliphatic carbocycles. The molecule has 0 aliphatic rings. The molecular formula is C14H17NS. The van der Waals surface area contributed by atoms with Crippen molar-refractivity contribution in [2.75, 3.05) is 0 Å². The minimum atomic E-state index is 0.00449. The largest absolute Gasteiger partial charge is 0.320 e. The van der Waals surface area contributed by atoms with E-state index in [-0.39, 0.29) is 6.04 Å². The summed E-state index contributed by atoms with van der Waals surface area (Å²) in [5.74, 6) is 0. The molecular weight excluding hydrogens is 214 g/mol. The van der Waals surface area contributed by atoms with E-state index in [1.165, 1.54) is 27.1 Å². The molecule has 1 unspecified atom stereocenters. The molecule has 2 heteroatoms. The van der Waals surface area contributed by atoms with Crippen LogP contribution in [0.5, 0.6) is 0 Å². The fourth-order valence-corrected chi connectivity index (χ4v) is 2.84. The van der Waals surface area contributed by atoms with Gasteiger partial charge in [0.25, 0.3) is 0 Å². The highest BCUT2D eigenvalue weighted by Gasteiger charge is 2.12. The Labute approximate surface area is 101 Å². The first-order valence-corrected chi connectivity index (χ1v) is 6.33. The second-order valence-corrected chi connectivity index (χ2v) is 5.45. The molecule has 0 radical (unpaired) electrons. The molecule has 16 heavy (non-hydrogen) atoms. The van der Waals surface area contributed by atoms with E-state index in [1.54, 1.807) is 11.3 Å². The number of aryl methyl sites for hydroxylation is 3. The fraction of sp³-hybridized carbons (Fsp3) is 0.286. The Bertz CT molecular complexity index is 479. The Morgan fingerprint density at radius 1 is 1.06 bits per heavy atom. The highest BCUT2D eigenvalue weighted by Crippen LogP contribution is 2.27. The lowest BCUT2D eigenvalue weighted by molar-refractivity contribution is 0.866. The van der Waals surface area contributed by atoms with Crippen LogP contribution in [0, 0.1) is 20.8 Å². The van der Waals surface area contributed by atoms with Crippen LogP contribution in [0.2, 0.25) is 0 Å². The predicted octanol–water partition coefficient (Wildman–Crippen LogP) is 3.72. The smallest absolute Gasteiger partial charge is 0.0562 e. The summed E-state index contributed by atoms with van der Waals surface area (Å²) in [7, 11) is 0. The molecule has 1 aromatic heterocycles. The second-order valence-electron chi connectivity index (χ2n) is 4.33. The maximum Gasteiger partial charge on any atom is 0.0562 e. The van der Waals surface area contributed by atoms with Crippen LogP contribution >= 0.6 is 11.3 Å². The lowest BCUT2D eigenvalue weighted by atomic mass is 9.97. The maximum atomic E-state index is 6.31. The summed E-state index contributed by atoms with van der Waals surface area (Å²) in [6, 6.07) is 8.66. The van der Waals surface area contributed by atoms with E-state index in [2.05, 4.69) is 50.4 Å². The molecule has 0 spiro atoms. The molecule has 0 bridgehead atoms. The molecule has 1 atom stereocenters. The second kappa shape index (κ2) is 4.40. The topological polar surface area (TPSA) is 26.0 Å². The van der Waals surface area contributed by atoms with Crippen LogP contribution in [-0.2, 0) is 0 Å². The third-order valence-electron chi connectivity index (χ3n) is 2.84. The standard InChI is InChI=1S/C14H17NS/c1-9-6-10(2)8-12(7-9)14(15)13-4-5-16-11(13)3/h4-8,14H,15H2,1-3H3. The van der Waals surface area contributed by atoms with Crippen molar-refractivity contribution < 1.29 is 0 Å². The van der Waals surface area contributed by atoms with Crippen LogP contribution in [0.1, 0.15) is 33.2 Å². The first-order chi connectivity index (χ1) is 7.58. The molecule has 2 aromatic rings. The first kappa shape index (κ1) is 11.4. The van der Waals surface area contributed by atoms with Gasteiger partial charge in [0.1, 0.15) is 0 Å². The van der Waals surface area contributed by atoms with Gasteiger partial charge in [-0.25, -0.2) is 0 Å². The lowest BCUT2D eigenvalue weighted by Gasteiger charge is -2.13. The van der Waals surface area contributed by atoms with Crippen LogP contribution in [-0.4, -0.2) is 0 Å². The monoisotopic (exact) mass is 231 g/mol. The van der Waals surface area contributed by atoms with Gasteiger partial charge in [-0.05, 0) is 43.3 Å². The normalized spacial score (nSPS) is 12.8. The summed E-state index contributed by atoms with van der Waals surface area (Å²) >= 11 is 1.76. The van der Waals surface area contributed by atoms with Crippen LogP contribution in [0.15, 0.2) is 29.6 Å². The lowest BCUT2D eigenvalue weighted by Crippen LogP contribution is -2.12. The summed E-state index contributed by atoms with van der Waals surface area (Å²) in [4.78, 5) is 1.31. The molecule has 1 aromatic carbocycles. The Morgan fingerprint density at radius 3 is 2.19 bits per heavy atom. The average Bonchev–Trinajstić information content (AvgIpc) is 2.62. The summed E-state index contributed by atoms with van der Waals surface area (Å²) < 4.78 is 0. The minimum Gasteiger partial charge on any atom is -0.320 e. The number of hydrogen-bond acceptors (Lipinski definition) is 2. The number of rotatable bonds is 2. The Hall–Kier alpha value is -1.12. The van der Waals surface area contributed by atoms with Crippen LogP contribution in [0.4, 0.5) is 0 Å². The van der Waals surface area contributed by atoms with Crippen molar-refractivity contribution in [2.45, 2.75) is 26.8 Å². The Kier molecular flexibility index (Phi) is 3.13. The number of nitrogens with two attached hydrogens (primary N) is 1. The third kappa shape index (κ3) is 2.18. The van der Waals surface area contributed by atoms with E-state index < -0.39 is 0 Å². The summed E-state index contributed by atoms with van der Waals surface area (Å²) in [5, 5.41) is 2.10. The molecule has 0 saturated heterocycles. The van der Waals surface area contributed by atoms with Crippen molar-refractivity contribution in [3.63, 3.8) is 0 Å². The first-order valence-electron chi connectivity index (χ1n) is 5.45. The van der Waals surface area contributed by atoms with Crippen molar-refractivity contribution in [3.8, 4) is 0 Å². The van der Waals surface area contributed by atoms with Gasteiger partial charge in [0.05, 0.1) is 6.04 Å². The molecule has 1 heterocycles. The summed E-state index contributed by atoms with van der Waals surface area (Å²) in [6.07, 6.45) is 0. The molecule has 1 nitrogen and oxygen atoms in total. The zero-order valence-electron chi connectivity index (χ0n) is 9.95. The molecule has 2 N–H and O–H groups in total. The zero-order chi connectivity index (χ0) is 11.7. The van der Waals surface area contributed by atoms with Crippen LogP contribution < -0.4 is 5.73 Å². The molecule has 0 aliphatic heterocycles. The van der Waals surface area contributed by atoms with E-state index >= 15 is 0 Å². The van der Waals surface area contributed by atoms with E-state index in [9.17, 15) is 0 Å². The van der Waals surface area contributed by atoms with Gasteiger partial charge in [0.15, 0.2) is 0 Å². The van der Waals surface area contributed by atoms with Crippen molar-refractivity contribution >= 4 is 11.3 Å². The molecule has 2 rings (SSSR count). The van der Waals surface area contributed by atoms with E-state index in [0.29, 0.717) is 0 Å². The van der Waals surface area contributed by atoms with Gasteiger partial charge in [-0.15, -0.1) is 11.3 Å². The average molecular weight is 231 g/mol. The van der Waals surface area contributed by atoms with Crippen LogP contribution in [0.3, 0.4) is 0 Å². The molecule has 84 valence electrons. The summed E-state index contributed by atoms with van der Waals surface area (Å²) in [6.45, 7) is 6.36. The molecule has 0 amide bonds. The quantitative estimate of drug-likeness (QED) is 0.837. The Balaban J connectivity index is 2.41. The number of thiophene rings is 1. The van der Waals surface area contributed by atoms with Gasteiger partial charge in [-0.1, -0.05) is 29.3 Å². The van der Waals surface area contributed by atoms with E-state index in [0.717, 1.165) is 0 Å². The van der Waals surface area contributed by atoms with Crippen molar-refractivity contribution in [1.29, 1.82) is 0 Å².